The van der Waals surface area contributed by atoms with E-state index in [-0.39, 0.29) is 17.3 Å². The third-order valence-corrected chi connectivity index (χ3v) is 14.9. The van der Waals surface area contributed by atoms with Gasteiger partial charge in [-0.15, -0.1) is 0 Å². The zero-order chi connectivity index (χ0) is 44.1. The zero-order valence-corrected chi connectivity index (χ0v) is 36.5. The molecule has 0 aliphatic heterocycles. The van der Waals surface area contributed by atoms with Gasteiger partial charge in [-0.25, -0.2) is 4.98 Å². The lowest BCUT2D eigenvalue weighted by molar-refractivity contribution is 0.457. The fraction of sp³-hybridized carbons (Fsp3) is 0.0469. The number of aromatic nitrogens is 3. The van der Waals surface area contributed by atoms with Crippen molar-refractivity contribution in [2.45, 2.75) is 11.3 Å². The summed E-state index contributed by atoms with van der Waals surface area (Å²) in [6.07, 6.45) is 13.1. The molecular weight excluding hydrogens is 811 g/mol. The van der Waals surface area contributed by atoms with Crippen molar-refractivity contribution in [3.63, 3.8) is 0 Å². The first-order valence-electron chi connectivity index (χ1n) is 23.3. The van der Waals surface area contributed by atoms with E-state index in [1.54, 1.807) is 0 Å². The van der Waals surface area contributed by atoms with Crippen LogP contribution in [-0.4, -0.2) is 15.0 Å². The lowest BCUT2D eigenvalue weighted by Crippen LogP contribution is -2.35. The van der Waals surface area contributed by atoms with Crippen LogP contribution in [0.5, 0.6) is 0 Å². The van der Waals surface area contributed by atoms with Crippen molar-refractivity contribution in [3.05, 3.63) is 259 Å². The molecular formula is C64H41N3. The minimum absolute atomic E-state index is 0.205. The highest BCUT2D eigenvalue weighted by Gasteiger charge is 2.53. The SMILES string of the molecule is C1=CC2c3cc4c(-c5ccc(-c6c7ccccc7c(-c7cc8cccnc8c8ncccc78)c7ccccc67)cc5)nc5ccccc5c4cc3C(c3ccccc3)(c3ccccc3)C2C=C1. The molecule has 3 aromatic heterocycles. The van der Waals surface area contributed by atoms with E-state index in [1.807, 2.05) is 24.5 Å². The molecule has 0 spiro atoms. The molecule has 3 heterocycles. The Balaban J connectivity index is 0.980. The number of benzene rings is 9. The van der Waals surface area contributed by atoms with Gasteiger partial charge >= 0.3 is 0 Å². The topological polar surface area (TPSA) is 38.7 Å². The van der Waals surface area contributed by atoms with Crippen LogP contribution in [0.1, 0.15) is 28.2 Å². The van der Waals surface area contributed by atoms with Crippen LogP contribution in [0.2, 0.25) is 0 Å². The molecule has 0 saturated carbocycles. The minimum Gasteiger partial charge on any atom is -0.254 e. The molecule has 3 nitrogen and oxygen atoms in total. The van der Waals surface area contributed by atoms with Crippen LogP contribution in [0.25, 0.3) is 98.5 Å². The Labute approximate surface area is 388 Å². The summed E-state index contributed by atoms with van der Waals surface area (Å²) in [5, 5.41) is 10.6. The van der Waals surface area contributed by atoms with Crippen molar-refractivity contribution in [3.8, 4) is 33.5 Å². The predicted octanol–water partition coefficient (Wildman–Crippen LogP) is 16.0. The number of nitrogens with zero attached hydrogens (tertiary/aromatic N) is 3. The number of allylic oxidation sites excluding steroid dienone is 4. The lowest BCUT2D eigenvalue weighted by atomic mass is 9.63. The van der Waals surface area contributed by atoms with Crippen LogP contribution in [0.15, 0.2) is 237 Å². The maximum absolute atomic E-state index is 5.51. The molecule has 2 unspecified atom stereocenters. The summed E-state index contributed by atoms with van der Waals surface area (Å²) < 4.78 is 0. The Morgan fingerprint density at radius 2 is 0.970 bits per heavy atom. The predicted molar refractivity (Wildman–Crippen MR) is 278 cm³/mol. The number of rotatable bonds is 5. The van der Waals surface area contributed by atoms with Gasteiger partial charge in [0.15, 0.2) is 0 Å². The maximum atomic E-state index is 5.51. The number of fused-ring (bicyclic) bond motifs is 11. The highest BCUT2D eigenvalue weighted by molar-refractivity contribution is 6.25. The summed E-state index contributed by atoms with van der Waals surface area (Å²) >= 11 is 0. The molecule has 2 aliphatic carbocycles. The quantitative estimate of drug-likeness (QED) is 0.128. The van der Waals surface area contributed by atoms with Gasteiger partial charge in [-0.1, -0.05) is 188 Å². The van der Waals surface area contributed by atoms with Gasteiger partial charge in [0.05, 0.1) is 27.7 Å². The van der Waals surface area contributed by atoms with Crippen molar-refractivity contribution >= 4 is 65.0 Å². The summed E-state index contributed by atoms with van der Waals surface area (Å²) in [6.45, 7) is 0. The summed E-state index contributed by atoms with van der Waals surface area (Å²) in [5.74, 6) is 0.414. The zero-order valence-electron chi connectivity index (χ0n) is 36.5. The first kappa shape index (κ1) is 37.8. The summed E-state index contributed by atoms with van der Waals surface area (Å²) in [5.41, 5.74) is 14.7. The summed E-state index contributed by atoms with van der Waals surface area (Å²) in [4.78, 5) is 15.2. The maximum Gasteiger partial charge on any atom is 0.0970 e. The third-order valence-electron chi connectivity index (χ3n) is 14.9. The second-order valence-corrected chi connectivity index (χ2v) is 18.1. The minimum atomic E-state index is -0.374. The van der Waals surface area contributed by atoms with E-state index in [9.17, 15) is 0 Å². The molecule has 12 aromatic rings. The van der Waals surface area contributed by atoms with Crippen LogP contribution in [-0.2, 0) is 5.41 Å². The van der Waals surface area contributed by atoms with E-state index in [0.717, 1.165) is 44.1 Å². The Kier molecular flexibility index (Phi) is 8.32. The van der Waals surface area contributed by atoms with Crippen LogP contribution in [0.4, 0.5) is 0 Å². The summed E-state index contributed by atoms with van der Waals surface area (Å²) in [7, 11) is 0. The standard InChI is InChI=1S/C64H41N3/c1-3-18-43(19-4-1)64(44-20-5-2-6-21-44)56-29-13-11-22-45(56)53-38-55-52(39-57(53)64)46-23-12-14-30-58(46)67-61(55)41-33-31-40(32-34-41)59-47-24-7-9-26-49(47)60(50-27-10-8-25-48(50)59)54-37-42-17-15-35-65-62(42)63-51(54)28-16-36-66-63/h1-39,45,56H. The van der Waals surface area contributed by atoms with E-state index in [0.29, 0.717) is 0 Å². The highest BCUT2D eigenvalue weighted by atomic mass is 14.7. The number of hydrogen-bond donors (Lipinski definition) is 0. The fourth-order valence-electron chi connectivity index (χ4n) is 12.1. The van der Waals surface area contributed by atoms with E-state index in [1.165, 1.54) is 76.6 Å². The molecule has 0 bridgehead atoms. The first-order chi connectivity index (χ1) is 33.3. The largest absolute Gasteiger partial charge is 0.254 e. The first-order valence-corrected chi connectivity index (χ1v) is 23.3. The van der Waals surface area contributed by atoms with Gasteiger partial charge in [0.2, 0.25) is 0 Å². The van der Waals surface area contributed by atoms with E-state index in [2.05, 4.69) is 212 Å². The molecule has 312 valence electrons. The molecule has 9 aromatic carbocycles. The van der Waals surface area contributed by atoms with Gasteiger partial charge in [-0.3, -0.25) is 9.97 Å². The Morgan fingerprint density at radius 3 is 1.67 bits per heavy atom. The molecule has 0 amide bonds. The summed E-state index contributed by atoms with van der Waals surface area (Å²) in [6, 6.07) is 73.7. The molecule has 0 radical (unpaired) electrons. The smallest absolute Gasteiger partial charge is 0.0970 e. The average molecular weight is 852 g/mol. The van der Waals surface area contributed by atoms with E-state index >= 15 is 0 Å². The van der Waals surface area contributed by atoms with Crippen LogP contribution in [0.3, 0.4) is 0 Å². The van der Waals surface area contributed by atoms with Crippen molar-refractivity contribution in [2.24, 2.45) is 5.92 Å². The molecule has 0 N–H and O–H groups in total. The fourth-order valence-corrected chi connectivity index (χ4v) is 12.1. The Bertz CT molecular complexity index is 3940. The van der Waals surface area contributed by atoms with E-state index in [4.69, 9.17) is 15.0 Å². The van der Waals surface area contributed by atoms with Crippen LogP contribution < -0.4 is 0 Å². The molecule has 2 atom stereocenters. The highest BCUT2D eigenvalue weighted by Crippen LogP contribution is 2.60. The van der Waals surface area contributed by atoms with Crippen molar-refractivity contribution in [2.75, 3.05) is 0 Å². The van der Waals surface area contributed by atoms with Gasteiger partial charge < -0.3 is 0 Å². The number of para-hydroxylation sites is 1. The molecule has 0 saturated heterocycles. The third kappa shape index (κ3) is 5.49. The second kappa shape index (κ2) is 14.7. The molecule has 0 fully saturated rings. The average Bonchev–Trinajstić information content (AvgIpc) is 3.69. The normalized spacial score (nSPS) is 16.1. The molecule has 2 aliphatic rings. The number of pyridine rings is 3. The van der Waals surface area contributed by atoms with Crippen molar-refractivity contribution in [1.29, 1.82) is 0 Å². The number of hydrogen-bond acceptors (Lipinski definition) is 3. The van der Waals surface area contributed by atoms with Crippen molar-refractivity contribution < 1.29 is 0 Å². The molecule has 67 heavy (non-hydrogen) atoms. The molecule has 3 heteroatoms. The van der Waals surface area contributed by atoms with E-state index < -0.39 is 0 Å². The van der Waals surface area contributed by atoms with Gasteiger partial charge in [0, 0.05) is 51.3 Å². The molecule has 14 rings (SSSR count). The monoisotopic (exact) mass is 851 g/mol. The lowest BCUT2D eigenvalue weighted by Gasteiger charge is -2.38. The van der Waals surface area contributed by atoms with Crippen molar-refractivity contribution in [1.82, 2.24) is 15.0 Å². The van der Waals surface area contributed by atoms with Gasteiger partial charge in [-0.2, -0.15) is 0 Å². The van der Waals surface area contributed by atoms with Crippen LogP contribution in [0, 0.1) is 5.92 Å². The Morgan fingerprint density at radius 1 is 0.403 bits per heavy atom. The van der Waals surface area contributed by atoms with Gasteiger partial charge in [-0.05, 0) is 108 Å². The van der Waals surface area contributed by atoms with Crippen LogP contribution >= 0.6 is 0 Å². The van der Waals surface area contributed by atoms with Gasteiger partial charge in [0.1, 0.15) is 0 Å². The second-order valence-electron chi connectivity index (χ2n) is 18.1. The van der Waals surface area contributed by atoms with Gasteiger partial charge in [0.25, 0.3) is 0 Å². The Hall–Kier alpha value is -8.53.